The van der Waals surface area contributed by atoms with Crippen molar-refractivity contribution in [1.29, 1.82) is 0 Å². The second-order valence-corrected chi connectivity index (χ2v) is 3.61. The third kappa shape index (κ3) is 6.45. The summed E-state index contributed by atoms with van der Waals surface area (Å²) in [6, 6.07) is 0.329. The largest absolute Gasteiger partial charge is 0.464 e. The molecule has 0 amide bonds. The van der Waals surface area contributed by atoms with Gasteiger partial charge in [0.25, 0.3) is 0 Å². The minimum Gasteiger partial charge on any atom is -0.464 e. The summed E-state index contributed by atoms with van der Waals surface area (Å²) in [5.74, 6) is 5.45. The quantitative estimate of drug-likeness (QED) is 0.329. The standard InChI is InChI=1S/C11H21N5O4/c1-3-19-10-13-9(16-12)14-11(15-10)20-6-4-5-18-8-7-17-2/h3-8,12H2,1-2H3,(H,13,14,15,16). The molecular weight excluding hydrogens is 266 g/mol. The van der Waals surface area contributed by atoms with Crippen molar-refractivity contribution in [2.75, 3.05) is 45.6 Å². The van der Waals surface area contributed by atoms with Crippen LogP contribution in [0.2, 0.25) is 0 Å². The first kappa shape index (κ1) is 16.3. The van der Waals surface area contributed by atoms with Gasteiger partial charge in [0.15, 0.2) is 0 Å². The molecule has 0 saturated carbocycles. The molecule has 1 rings (SSSR count). The molecule has 0 aliphatic rings. The number of nitrogens with one attached hydrogen (secondary N) is 1. The number of ether oxygens (including phenoxy) is 4. The predicted octanol–water partition coefficient (Wildman–Crippen LogP) is -0.0122. The zero-order chi connectivity index (χ0) is 14.6. The first-order valence-electron chi connectivity index (χ1n) is 6.35. The Bertz CT molecular complexity index is 380. The van der Waals surface area contributed by atoms with Crippen molar-refractivity contribution >= 4 is 5.95 Å². The Morgan fingerprint density at radius 1 is 1.00 bits per heavy atom. The van der Waals surface area contributed by atoms with E-state index in [1.807, 2.05) is 6.92 Å². The van der Waals surface area contributed by atoms with Gasteiger partial charge in [-0.3, -0.25) is 5.43 Å². The molecule has 20 heavy (non-hydrogen) atoms. The van der Waals surface area contributed by atoms with Gasteiger partial charge >= 0.3 is 12.0 Å². The molecule has 0 bridgehead atoms. The van der Waals surface area contributed by atoms with Crippen LogP contribution in [0.15, 0.2) is 0 Å². The Hall–Kier alpha value is -1.71. The molecule has 0 atom stereocenters. The predicted molar refractivity (Wildman–Crippen MR) is 71.6 cm³/mol. The van der Waals surface area contributed by atoms with Crippen molar-refractivity contribution in [2.45, 2.75) is 13.3 Å². The maximum atomic E-state index is 5.39. The van der Waals surface area contributed by atoms with E-state index in [-0.39, 0.29) is 18.0 Å². The van der Waals surface area contributed by atoms with E-state index in [4.69, 9.17) is 24.8 Å². The number of hydrogen-bond donors (Lipinski definition) is 2. The Morgan fingerprint density at radius 2 is 1.75 bits per heavy atom. The molecule has 0 saturated heterocycles. The molecule has 0 unspecified atom stereocenters. The minimum atomic E-state index is 0.160. The third-order valence-corrected chi connectivity index (χ3v) is 2.09. The van der Waals surface area contributed by atoms with Gasteiger partial charge in [0.1, 0.15) is 0 Å². The lowest BCUT2D eigenvalue weighted by molar-refractivity contribution is 0.0638. The van der Waals surface area contributed by atoms with E-state index in [1.165, 1.54) is 0 Å². The van der Waals surface area contributed by atoms with E-state index in [1.54, 1.807) is 7.11 Å². The molecule has 0 aliphatic carbocycles. The van der Waals surface area contributed by atoms with Crippen LogP contribution in [-0.4, -0.2) is 55.1 Å². The van der Waals surface area contributed by atoms with E-state index >= 15 is 0 Å². The summed E-state index contributed by atoms with van der Waals surface area (Å²) < 4.78 is 20.7. The fourth-order valence-corrected chi connectivity index (χ4v) is 1.23. The zero-order valence-electron chi connectivity index (χ0n) is 11.8. The molecule has 1 aromatic rings. The molecule has 0 fully saturated rings. The fourth-order valence-electron chi connectivity index (χ4n) is 1.23. The number of nitrogen functional groups attached to an aromatic ring is 1. The van der Waals surface area contributed by atoms with Crippen LogP contribution < -0.4 is 20.7 Å². The van der Waals surface area contributed by atoms with Crippen molar-refractivity contribution in [3.05, 3.63) is 0 Å². The molecule has 9 heteroatoms. The van der Waals surface area contributed by atoms with Crippen molar-refractivity contribution in [2.24, 2.45) is 5.84 Å². The summed E-state index contributed by atoms with van der Waals surface area (Å²) in [4.78, 5) is 11.9. The van der Waals surface area contributed by atoms with E-state index in [0.29, 0.717) is 39.5 Å². The van der Waals surface area contributed by atoms with Gasteiger partial charge in [0, 0.05) is 20.1 Å². The van der Waals surface area contributed by atoms with E-state index in [9.17, 15) is 0 Å². The van der Waals surface area contributed by atoms with Gasteiger partial charge in [0.05, 0.1) is 26.4 Å². The number of anilines is 1. The number of nitrogens with zero attached hydrogens (tertiary/aromatic N) is 3. The van der Waals surface area contributed by atoms with Gasteiger partial charge in [0.2, 0.25) is 5.95 Å². The zero-order valence-corrected chi connectivity index (χ0v) is 11.8. The molecule has 1 aromatic heterocycles. The molecule has 1 heterocycles. The van der Waals surface area contributed by atoms with E-state index < -0.39 is 0 Å². The SMILES string of the molecule is CCOc1nc(NN)nc(OCCCOCCOC)n1. The fraction of sp³-hybridized carbons (Fsp3) is 0.727. The van der Waals surface area contributed by atoms with E-state index in [2.05, 4.69) is 20.4 Å². The van der Waals surface area contributed by atoms with Gasteiger partial charge in [-0.15, -0.1) is 4.98 Å². The highest BCUT2D eigenvalue weighted by Gasteiger charge is 2.07. The van der Waals surface area contributed by atoms with Crippen LogP contribution >= 0.6 is 0 Å². The topological polar surface area (TPSA) is 114 Å². The van der Waals surface area contributed by atoms with Crippen molar-refractivity contribution in [3.8, 4) is 12.0 Å². The lowest BCUT2D eigenvalue weighted by atomic mass is 10.5. The average Bonchev–Trinajstić information content (AvgIpc) is 2.46. The van der Waals surface area contributed by atoms with Crippen LogP contribution in [0.5, 0.6) is 12.0 Å². The summed E-state index contributed by atoms with van der Waals surface area (Å²) >= 11 is 0. The summed E-state index contributed by atoms with van der Waals surface area (Å²) in [5, 5.41) is 0. The Balaban J connectivity index is 2.33. The van der Waals surface area contributed by atoms with Crippen LogP contribution in [0.25, 0.3) is 0 Å². The van der Waals surface area contributed by atoms with Crippen molar-refractivity contribution < 1.29 is 18.9 Å². The summed E-state index contributed by atoms with van der Waals surface area (Å²) in [7, 11) is 1.63. The summed E-state index contributed by atoms with van der Waals surface area (Å²) in [6.07, 6.45) is 0.713. The Labute approximate surface area is 117 Å². The maximum Gasteiger partial charge on any atom is 0.324 e. The molecular formula is C11H21N5O4. The smallest absolute Gasteiger partial charge is 0.324 e. The van der Waals surface area contributed by atoms with Gasteiger partial charge in [-0.25, -0.2) is 5.84 Å². The monoisotopic (exact) mass is 287 g/mol. The molecule has 0 radical (unpaired) electrons. The number of hydrazine groups is 1. The van der Waals surface area contributed by atoms with Gasteiger partial charge in [-0.1, -0.05) is 0 Å². The summed E-state index contributed by atoms with van der Waals surface area (Å²) in [6.45, 7) is 4.43. The highest BCUT2D eigenvalue weighted by atomic mass is 16.5. The number of nitrogens with two attached hydrogens (primary N) is 1. The first-order chi connectivity index (χ1) is 9.80. The number of rotatable bonds is 11. The molecule has 3 N–H and O–H groups in total. The Kier molecular flexibility index (Phi) is 8.27. The second-order valence-electron chi connectivity index (χ2n) is 3.61. The van der Waals surface area contributed by atoms with Gasteiger partial charge in [-0.2, -0.15) is 9.97 Å². The normalized spacial score (nSPS) is 10.3. The van der Waals surface area contributed by atoms with Crippen LogP contribution in [0.4, 0.5) is 5.95 Å². The van der Waals surface area contributed by atoms with Crippen molar-refractivity contribution in [3.63, 3.8) is 0 Å². The lowest BCUT2D eigenvalue weighted by Gasteiger charge is -2.08. The van der Waals surface area contributed by atoms with E-state index in [0.717, 1.165) is 0 Å². The maximum absolute atomic E-state index is 5.39. The third-order valence-electron chi connectivity index (χ3n) is 2.09. The van der Waals surface area contributed by atoms with Crippen molar-refractivity contribution in [1.82, 2.24) is 15.0 Å². The molecule has 114 valence electrons. The molecule has 9 nitrogen and oxygen atoms in total. The number of methoxy groups -OCH3 is 1. The molecule has 0 aromatic carbocycles. The minimum absolute atomic E-state index is 0.160. The molecule has 0 aliphatic heterocycles. The highest BCUT2D eigenvalue weighted by molar-refractivity contribution is 5.25. The highest BCUT2D eigenvalue weighted by Crippen LogP contribution is 2.12. The first-order valence-corrected chi connectivity index (χ1v) is 6.35. The van der Waals surface area contributed by atoms with Crippen LogP contribution in [0, 0.1) is 0 Å². The second kappa shape index (κ2) is 10.1. The van der Waals surface area contributed by atoms with Gasteiger partial charge < -0.3 is 18.9 Å². The van der Waals surface area contributed by atoms with Gasteiger partial charge in [-0.05, 0) is 6.92 Å². The van der Waals surface area contributed by atoms with Crippen LogP contribution in [0.3, 0.4) is 0 Å². The number of hydrogen-bond acceptors (Lipinski definition) is 9. The summed E-state index contributed by atoms with van der Waals surface area (Å²) in [5.41, 5.74) is 2.33. The Morgan fingerprint density at radius 3 is 2.40 bits per heavy atom. The van der Waals surface area contributed by atoms with Crippen LogP contribution in [0.1, 0.15) is 13.3 Å². The van der Waals surface area contributed by atoms with Crippen LogP contribution in [-0.2, 0) is 9.47 Å². The number of aromatic nitrogens is 3. The lowest BCUT2D eigenvalue weighted by Crippen LogP contribution is -2.14. The molecule has 0 spiro atoms. The average molecular weight is 287 g/mol.